The van der Waals surface area contributed by atoms with Crippen LogP contribution in [0.15, 0.2) is 53.4 Å². The summed E-state index contributed by atoms with van der Waals surface area (Å²) in [6, 6.07) is 14.2. The van der Waals surface area contributed by atoms with E-state index in [-0.39, 0.29) is 17.2 Å². The second-order valence-corrected chi connectivity index (χ2v) is 8.93. The lowest BCUT2D eigenvalue weighted by atomic mass is 10.1. The molecule has 0 atom stereocenters. The lowest BCUT2D eigenvalue weighted by Crippen LogP contribution is -2.32. The van der Waals surface area contributed by atoms with Crippen LogP contribution in [0.4, 0.5) is 5.69 Å². The second kappa shape index (κ2) is 8.67. The lowest BCUT2D eigenvalue weighted by molar-refractivity contribution is 0.101. The van der Waals surface area contributed by atoms with Crippen molar-refractivity contribution >= 4 is 21.5 Å². The van der Waals surface area contributed by atoms with Crippen molar-refractivity contribution in [1.29, 1.82) is 0 Å². The summed E-state index contributed by atoms with van der Waals surface area (Å²) in [7, 11) is -3.55. The third-order valence-electron chi connectivity index (χ3n) is 4.83. The molecule has 0 spiro atoms. The van der Waals surface area contributed by atoms with E-state index < -0.39 is 10.0 Å². The van der Waals surface area contributed by atoms with Gasteiger partial charge in [-0.3, -0.25) is 4.79 Å². The molecule has 0 amide bonds. The number of Topliss-reactive ketones (excluding diaryl/α,β-unsaturated/α-hetero) is 1. The van der Waals surface area contributed by atoms with Gasteiger partial charge in [-0.1, -0.05) is 37.1 Å². The molecule has 1 saturated heterocycles. The SMILES string of the molecule is Cc1cccc(NCC(=O)c2cccc(S(=O)(=O)N3CCCCCC3)c2)c1. The number of hydrogen-bond acceptors (Lipinski definition) is 4. The van der Waals surface area contributed by atoms with Gasteiger partial charge in [-0.2, -0.15) is 4.31 Å². The highest BCUT2D eigenvalue weighted by Crippen LogP contribution is 2.21. The van der Waals surface area contributed by atoms with E-state index in [4.69, 9.17) is 0 Å². The average molecular weight is 387 g/mol. The first-order valence-electron chi connectivity index (χ1n) is 9.41. The number of ketones is 1. The maximum Gasteiger partial charge on any atom is 0.243 e. The standard InChI is InChI=1S/C21H26N2O3S/c1-17-8-6-10-19(14-17)22-16-21(24)18-9-7-11-20(15-18)27(25,26)23-12-4-2-3-5-13-23/h6-11,14-15,22H,2-5,12-13,16H2,1H3. The summed E-state index contributed by atoms with van der Waals surface area (Å²) in [4.78, 5) is 12.7. The first-order valence-corrected chi connectivity index (χ1v) is 10.8. The fourth-order valence-corrected chi connectivity index (χ4v) is 4.86. The topological polar surface area (TPSA) is 66.5 Å². The van der Waals surface area contributed by atoms with Crippen molar-refractivity contribution < 1.29 is 13.2 Å². The molecule has 1 N–H and O–H groups in total. The number of benzene rings is 2. The highest BCUT2D eigenvalue weighted by molar-refractivity contribution is 7.89. The largest absolute Gasteiger partial charge is 0.378 e. The summed E-state index contributed by atoms with van der Waals surface area (Å²) >= 11 is 0. The highest BCUT2D eigenvalue weighted by Gasteiger charge is 2.25. The zero-order valence-corrected chi connectivity index (χ0v) is 16.5. The summed E-state index contributed by atoms with van der Waals surface area (Å²) in [5, 5.41) is 3.10. The van der Waals surface area contributed by atoms with E-state index in [2.05, 4.69) is 5.32 Å². The van der Waals surface area contributed by atoms with Crippen LogP contribution in [-0.4, -0.2) is 38.1 Å². The van der Waals surface area contributed by atoms with Gasteiger partial charge in [0, 0.05) is 24.3 Å². The zero-order valence-electron chi connectivity index (χ0n) is 15.6. The fourth-order valence-electron chi connectivity index (χ4n) is 3.30. The summed E-state index contributed by atoms with van der Waals surface area (Å²) in [5.74, 6) is -0.135. The minimum atomic E-state index is -3.55. The second-order valence-electron chi connectivity index (χ2n) is 6.99. The Kier molecular flexibility index (Phi) is 6.29. The Hall–Kier alpha value is -2.18. The van der Waals surface area contributed by atoms with Crippen molar-refractivity contribution in [3.8, 4) is 0 Å². The number of carbonyl (C=O) groups is 1. The van der Waals surface area contributed by atoms with Crippen LogP contribution in [0.2, 0.25) is 0 Å². The maximum atomic E-state index is 12.9. The molecule has 1 aliphatic heterocycles. The van der Waals surface area contributed by atoms with Gasteiger partial charge in [0.1, 0.15) is 0 Å². The molecule has 2 aromatic carbocycles. The normalized spacial score (nSPS) is 15.9. The Morgan fingerprint density at radius 1 is 1.00 bits per heavy atom. The molecule has 0 unspecified atom stereocenters. The lowest BCUT2D eigenvalue weighted by Gasteiger charge is -2.20. The van der Waals surface area contributed by atoms with E-state index in [0.717, 1.165) is 36.9 Å². The molecule has 0 radical (unpaired) electrons. The minimum Gasteiger partial charge on any atom is -0.378 e. The van der Waals surface area contributed by atoms with Crippen LogP contribution >= 0.6 is 0 Å². The van der Waals surface area contributed by atoms with Gasteiger partial charge >= 0.3 is 0 Å². The van der Waals surface area contributed by atoms with E-state index in [1.807, 2.05) is 31.2 Å². The molecule has 5 nitrogen and oxygen atoms in total. The molecule has 3 rings (SSSR count). The van der Waals surface area contributed by atoms with Crippen LogP contribution in [0, 0.1) is 6.92 Å². The van der Waals surface area contributed by atoms with Crippen molar-refractivity contribution in [1.82, 2.24) is 4.31 Å². The Balaban J connectivity index is 1.73. The molecular formula is C21H26N2O3S. The van der Waals surface area contributed by atoms with Gasteiger partial charge in [0.2, 0.25) is 10.0 Å². The Labute approximate surface area is 161 Å². The predicted molar refractivity (Wildman–Crippen MR) is 108 cm³/mol. The quantitative estimate of drug-likeness (QED) is 0.766. The van der Waals surface area contributed by atoms with E-state index in [1.54, 1.807) is 22.5 Å². The van der Waals surface area contributed by atoms with Crippen molar-refractivity contribution in [2.45, 2.75) is 37.5 Å². The number of hydrogen-bond donors (Lipinski definition) is 1. The first-order chi connectivity index (χ1) is 13.0. The van der Waals surface area contributed by atoms with E-state index >= 15 is 0 Å². The van der Waals surface area contributed by atoms with Crippen molar-refractivity contribution in [2.75, 3.05) is 25.0 Å². The third kappa shape index (κ3) is 4.96. The molecule has 0 aliphatic carbocycles. The highest BCUT2D eigenvalue weighted by atomic mass is 32.2. The van der Waals surface area contributed by atoms with Crippen molar-refractivity contribution in [2.24, 2.45) is 0 Å². The maximum absolute atomic E-state index is 12.9. The van der Waals surface area contributed by atoms with E-state index in [9.17, 15) is 13.2 Å². The van der Waals surface area contributed by atoms with Crippen molar-refractivity contribution in [3.05, 3.63) is 59.7 Å². The number of nitrogens with one attached hydrogen (secondary N) is 1. The van der Waals surface area contributed by atoms with Crippen molar-refractivity contribution in [3.63, 3.8) is 0 Å². The monoisotopic (exact) mass is 386 g/mol. The molecule has 1 fully saturated rings. The van der Waals surface area contributed by atoms with Gasteiger partial charge in [0.25, 0.3) is 0 Å². The van der Waals surface area contributed by atoms with E-state index in [0.29, 0.717) is 18.7 Å². The number of aryl methyl sites for hydroxylation is 1. The van der Waals surface area contributed by atoms with E-state index in [1.165, 1.54) is 6.07 Å². The Bertz CT molecular complexity index is 901. The van der Waals surface area contributed by atoms with Gasteiger partial charge in [-0.25, -0.2) is 8.42 Å². The Morgan fingerprint density at radius 3 is 2.41 bits per heavy atom. The molecule has 6 heteroatoms. The van der Waals surface area contributed by atoms with Gasteiger partial charge in [-0.15, -0.1) is 0 Å². The van der Waals surface area contributed by atoms with Crippen LogP contribution in [0.1, 0.15) is 41.6 Å². The summed E-state index contributed by atoms with van der Waals surface area (Å²) in [5.41, 5.74) is 2.39. The minimum absolute atomic E-state index is 0.122. The molecule has 1 heterocycles. The number of anilines is 1. The fraction of sp³-hybridized carbons (Fsp3) is 0.381. The molecule has 1 aliphatic rings. The zero-order chi connectivity index (χ0) is 19.3. The summed E-state index contributed by atoms with van der Waals surface area (Å²) in [6.45, 7) is 3.21. The van der Waals surface area contributed by atoms with Gasteiger partial charge in [0.05, 0.1) is 11.4 Å². The third-order valence-corrected chi connectivity index (χ3v) is 6.72. The summed E-state index contributed by atoms with van der Waals surface area (Å²) < 4.78 is 27.4. The summed E-state index contributed by atoms with van der Waals surface area (Å²) in [6.07, 6.45) is 3.90. The molecular weight excluding hydrogens is 360 g/mol. The van der Waals surface area contributed by atoms with Gasteiger partial charge in [-0.05, 0) is 49.6 Å². The molecule has 144 valence electrons. The Morgan fingerprint density at radius 2 is 1.70 bits per heavy atom. The number of sulfonamides is 1. The van der Waals surface area contributed by atoms with Crippen LogP contribution in [-0.2, 0) is 10.0 Å². The molecule has 0 aromatic heterocycles. The molecule has 0 bridgehead atoms. The van der Waals surface area contributed by atoms with Crippen LogP contribution < -0.4 is 5.32 Å². The van der Waals surface area contributed by atoms with Gasteiger partial charge < -0.3 is 5.32 Å². The smallest absolute Gasteiger partial charge is 0.243 e. The van der Waals surface area contributed by atoms with Crippen LogP contribution in [0.3, 0.4) is 0 Å². The van der Waals surface area contributed by atoms with Crippen LogP contribution in [0.25, 0.3) is 0 Å². The average Bonchev–Trinajstić information content (AvgIpc) is 2.96. The number of nitrogens with zero attached hydrogens (tertiary/aromatic N) is 1. The predicted octanol–water partition coefficient (Wildman–Crippen LogP) is 3.85. The van der Waals surface area contributed by atoms with Gasteiger partial charge in [0.15, 0.2) is 5.78 Å². The molecule has 27 heavy (non-hydrogen) atoms. The molecule has 2 aromatic rings. The number of carbonyl (C=O) groups excluding carboxylic acids is 1. The van der Waals surface area contributed by atoms with Crippen LogP contribution in [0.5, 0.6) is 0 Å². The number of rotatable bonds is 6. The molecule has 0 saturated carbocycles. The first kappa shape index (κ1) is 19.6.